The van der Waals surface area contributed by atoms with E-state index in [0.29, 0.717) is 11.8 Å². The van der Waals surface area contributed by atoms with Crippen LogP contribution in [0, 0.1) is 0 Å². The predicted octanol–water partition coefficient (Wildman–Crippen LogP) is 6.58. The molecule has 0 aliphatic carbocycles. The van der Waals surface area contributed by atoms with Gasteiger partial charge in [0.2, 0.25) is 0 Å². The molecule has 0 saturated heterocycles. The number of unbranched alkanes of at least 4 members (excludes halogenated alkanes) is 7. The number of halogens is 4. The van der Waals surface area contributed by atoms with Gasteiger partial charge in [0.15, 0.2) is 0 Å². The maximum Gasteiger partial charge on any atom is 0.0471 e. The lowest BCUT2D eigenvalue weighted by molar-refractivity contribution is 0.550. The zero-order chi connectivity index (χ0) is 13.6. The first kappa shape index (κ1) is 19.2. The van der Waals surface area contributed by atoms with Crippen LogP contribution < -0.4 is 0 Å². The van der Waals surface area contributed by atoms with Crippen molar-refractivity contribution in [1.82, 2.24) is 0 Å². The van der Waals surface area contributed by atoms with Crippen molar-refractivity contribution in [1.29, 1.82) is 0 Å². The summed E-state index contributed by atoms with van der Waals surface area (Å²) in [5.74, 6) is 1.15. The van der Waals surface area contributed by atoms with Crippen LogP contribution in [0.1, 0.15) is 64.2 Å². The first-order chi connectivity index (χ1) is 8.70. The van der Waals surface area contributed by atoms with Crippen LogP contribution in [0.5, 0.6) is 0 Å². The fraction of sp³-hybridized carbons (Fsp3) is 1.00. The lowest BCUT2D eigenvalue weighted by Crippen LogP contribution is -1.99. The second-order valence-electron chi connectivity index (χ2n) is 4.91. The Kier molecular flexibility index (Phi) is 15.5. The van der Waals surface area contributed by atoms with Crippen LogP contribution in [0.2, 0.25) is 0 Å². The van der Waals surface area contributed by atoms with Gasteiger partial charge in [0.1, 0.15) is 0 Å². The minimum atomic E-state index is 0.164. The molecular formula is C14H26Cl4. The zero-order valence-electron chi connectivity index (χ0n) is 11.2. The molecule has 0 amide bonds. The van der Waals surface area contributed by atoms with E-state index in [0.717, 1.165) is 12.8 Å². The van der Waals surface area contributed by atoms with Crippen molar-refractivity contribution in [3.63, 3.8) is 0 Å². The molecular weight excluding hydrogens is 310 g/mol. The smallest absolute Gasteiger partial charge is 0.0471 e. The van der Waals surface area contributed by atoms with Crippen LogP contribution >= 0.6 is 46.4 Å². The van der Waals surface area contributed by atoms with Gasteiger partial charge >= 0.3 is 0 Å². The second-order valence-corrected chi connectivity index (χ2v) is 6.76. The molecule has 0 nitrogen and oxygen atoms in total. The Labute approximate surface area is 133 Å². The van der Waals surface area contributed by atoms with E-state index in [2.05, 4.69) is 0 Å². The molecule has 2 atom stereocenters. The molecule has 0 aliphatic rings. The molecule has 110 valence electrons. The third-order valence-electron chi connectivity index (χ3n) is 3.12. The number of rotatable bonds is 13. The molecule has 0 aromatic rings. The third kappa shape index (κ3) is 13.6. The summed E-state index contributed by atoms with van der Waals surface area (Å²) in [6.07, 6.45) is 12.4. The van der Waals surface area contributed by atoms with E-state index in [9.17, 15) is 0 Å². The summed E-state index contributed by atoms with van der Waals surface area (Å²) in [4.78, 5) is 0. The highest BCUT2D eigenvalue weighted by molar-refractivity contribution is 6.28. The summed E-state index contributed by atoms with van der Waals surface area (Å²) < 4.78 is 0. The highest BCUT2D eigenvalue weighted by Crippen LogP contribution is 2.15. The Balaban J connectivity index is 3.03. The Hall–Kier alpha value is 1.16. The second kappa shape index (κ2) is 14.6. The van der Waals surface area contributed by atoms with E-state index in [1.165, 1.54) is 51.4 Å². The molecule has 0 aliphatic heterocycles. The monoisotopic (exact) mass is 334 g/mol. The molecule has 0 aromatic carbocycles. The highest BCUT2D eigenvalue weighted by Gasteiger charge is 2.02. The van der Waals surface area contributed by atoms with Gasteiger partial charge in [-0.3, -0.25) is 0 Å². The van der Waals surface area contributed by atoms with E-state index in [1.807, 2.05) is 0 Å². The SMILES string of the molecule is ClC[C@H](Cl)CCCCCCCCCC[C@@H](Cl)CCl. The number of hydrogen-bond acceptors (Lipinski definition) is 0. The summed E-state index contributed by atoms with van der Waals surface area (Å²) in [5, 5.41) is 0.328. The quantitative estimate of drug-likeness (QED) is 0.263. The molecule has 0 bridgehead atoms. The van der Waals surface area contributed by atoms with E-state index in [-0.39, 0.29) is 10.8 Å². The van der Waals surface area contributed by atoms with Crippen molar-refractivity contribution in [3.8, 4) is 0 Å². The Morgan fingerprint density at radius 2 is 0.778 bits per heavy atom. The van der Waals surface area contributed by atoms with Crippen molar-refractivity contribution >= 4 is 46.4 Å². The van der Waals surface area contributed by atoms with E-state index >= 15 is 0 Å². The molecule has 0 aromatic heterocycles. The molecule has 0 saturated carbocycles. The average molecular weight is 336 g/mol. The van der Waals surface area contributed by atoms with Crippen LogP contribution in [0.4, 0.5) is 0 Å². The van der Waals surface area contributed by atoms with Gasteiger partial charge in [-0.2, -0.15) is 0 Å². The summed E-state index contributed by atoms with van der Waals surface area (Å²) >= 11 is 23.2. The van der Waals surface area contributed by atoms with Crippen molar-refractivity contribution in [2.24, 2.45) is 0 Å². The van der Waals surface area contributed by atoms with Gasteiger partial charge in [-0.1, -0.05) is 51.4 Å². The topological polar surface area (TPSA) is 0 Å². The maximum absolute atomic E-state index is 5.95. The van der Waals surface area contributed by atoms with Crippen molar-refractivity contribution in [3.05, 3.63) is 0 Å². The van der Waals surface area contributed by atoms with Crippen LogP contribution in [-0.4, -0.2) is 22.5 Å². The first-order valence-electron chi connectivity index (χ1n) is 7.10. The summed E-state index contributed by atoms with van der Waals surface area (Å²) in [6.45, 7) is 0. The zero-order valence-corrected chi connectivity index (χ0v) is 14.2. The molecule has 18 heavy (non-hydrogen) atoms. The molecule has 0 N–H and O–H groups in total. The Morgan fingerprint density at radius 3 is 1.06 bits per heavy atom. The van der Waals surface area contributed by atoms with Gasteiger partial charge in [0.25, 0.3) is 0 Å². The molecule has 0 heterocycles. The number of alkyl halides is 4. The molecule has 0 unspecified atom stereocenters. The van der Waals surface area contributed by atoms with Gasteiger partial charge in [-0.25, -0.2) is 0 Å². The minimum absolute atomic E-state index is 0.164. The minimum Gasteiger partial charge on any atom is -0.125 e. The van der Waals surface area contributed by atoms with Crippen LogP contribution in [-0.2, 0) is 0 Å². The van der Waals surface area contributed by atoms with Crippen LogP contribution in [0.25, 0.3) is 0 Å². The molecule has 0 rings (SSSR count). The van der Waals surface area contributed by atoms with Crippen molar-refractivity contribution in [2.75, 3.05) is 11.8 Å². The average Bonchev–Trinajstić information content (AvgIpc) is 2.40. The van der Waals surface area contributed by atoms with E-state index in [1.54, 1.807) is 0 Å². The fourth-order valence-electron chi connectivity index (χ4n) is 1.95. The van der Waals surface area contributed by atoms with E-state index in [4.69, 9.17) is 46.4 Å². The standard InChI is InChI=1S/C14H26Cl4/c15-11-13(17)9-7-5-3-1-2-4-6-8-10-14(18)12-16/h13-14H,1-12H2/t13-,14-/m1/s1. The molecule has 0 spiro atoms. The molecule has 0 radical (unpaired) electrons. The predicted molar refractivity (Wildman–Crippen MR) is 86.9 cm³/mol. The lowest BCUT2D eigenvalue weighted by atomic mass is 10.1. The highest BCUT2D eigenvalue weighted by atomic mass is 35.5. The fourth-order valence-corrected chi connectivity index (χ4v) is 2.56. The third-order valence-corrected chi connectivity index (χ3v) is 4.93. The van der Waals surface area contributed by atoms with Crippen molar-refractivity contribution in [2.45, 2.75) is 75.0 Å². The van der Waals surface area contributed by atoms with Gasteiger partial charge in [0, 0.05) is 22.5 Å². The summed E-state index contributed by atoms with van der Waals surface area (Å²) in [6, 6.07) is 0. The molecule has 0 fully saturated rings. The Morgan fingerprint density at radius 1 is 0.500 bits per heavy atom. The lowest BCUT2D eigenvalue weighted by Gasteiger charge is -2.06. The van der Waals surface area contributed by atoms with Gasteiger partial charge in [-0.15, -0.1) is 46.4 Å². The van der Waals surface area contributed by atoms with Gasteiger partial charge in [0.05, 0.1) is 0 Å². The maximum atomic E-state index is 5.95. The normalized spacial score (nSPS) is 14.7. The largest absolute Gasteiger partial charge is 0.125 e. The molecule has 4 heteroatoms. The van der Waals surface area contributed by atoms with Crippen LogP contribution in [0.15, 0.2) is 0 Å². The number of hydrogen-bond donors (Lipinski definition) is 0. The van der Waals surface area contributed by atoms with Crippen LogP contribution in [0.3, 0.4) is 0 Å². The van der Waals surface area contributed by atoms with E-state index < -0.39 is 0 Å². The summed E-state index contributed by atoms with van der Waals surface area (Å²) in [5.41, 5.74) is 0. The first-order valence-corrected chi connectivity index (χ1v) is 9.05. The van der Waals surface area contributed by atoms with Crippen molar-refractivity contribution < 1.29 is 0 Å². The summed E-state index contributed by atoms with van der Waals surface area (Å²) in [7, 11) is 0. The van der Waals surface area contributed by atoms with Gasteiger partial charge in [-0.05, 0) is 12.8 Å². The van der Waals surface area contributed by atoms with Gasteiger partial charge < -0.3 is 0 Å². The Bertz CT molecular complexity index is 146.